The van der Waals surface area contributed by atoms with Crippen LogP contribution in [0, 0.1) is 10.1 Å². The molecule has 0 unspecified atom stereocenters. The molecule has 1 saturated heterocycles. The highest BCUT2D eigenvalue weighted by Gasteiger charge is 2.30. The number of non-ortho nitro benzene ring substituents is 1. The third kappa shape index (κ3) is 4.67. The number of nitro groups is 1. The van der Waals surface area contributed by atoms with E-state index < -0.39 is 14.9 Å². The number of sulfonamides is 1. The first-order valence-corrected chi connectivity index (χ1v) is 10.6. The first-order chi connectivity index (χ1) is 13.4. The second kappa shape index (κ2) is 8.68. The monoisotopic (exact) mass is 406 g/mol. The van der Waals surface area contributed by atoms with Gasteiger partial charge < -0.3 is 9.64 Å². The van der Waals surface area contributed by atoms with Gasteiger partial charge in [-0.15, -0.1) is 0 Å². The second-order valence-corrected chi connectivity index (χ2v) is 8.69. The molecule has 1 fully saturated rings. The predicted molar refractivity (Wildman–Crippen MR) is 104 cm³/mol. The van der Waals surface area contributed by atoms with E-state index in [0.717, 1.165) is 31.8 Å². The summed E-state index contributed by atoms with van der Waals surface area (Å²) in [5.74, 6) is 0.834. The quantitative estimate of drug-likeness (QED) is 0.541. The van der Waals surface area contributed by atoms with Crippen molar-refractivity contribution in [2.45, 2.75) is 11.3 Å². The number of benzene rings is 2. The topological polar surface area (TPSA) is 94.2 Å². The van der Waals surface area contributed by atoms with Gasteiger partial charge in [0.15, 0.2) is 0 Å². The zero-order chi connectivity index (χ0) is 20.1. The van der Waals surface area contributed by atoms with Gasteiger partial charge in [-0.05, 0) is 29.8 Å². The summed E-state index contributed by atoms with van der Waals surface area (Å²) in [5.41, 5.74) is 1.11. The first kappa shape index (κ1) is 20.2. The minimum Gasteiger partial charge on any atom is -0.497 e. The maximum absolute atomic E-state index is 12.7. The van der Waals surface area contributed by atoms with E-state index in [1.54, 1.807) is 7.11 Å². The summed E-state index contributed by atoms with van der Waals surface area (Å²) < 4.78 is 32.1. The molecule has 150 valence electrons. The summed E-state index contributed by atoms with van der Waals surface area (Å²) in [6.07, 6.45) is 0.925. The molecule has 1 aliphatic rings. The summed E-state index contributed by atoms with van der Waals surface area (Å²) in [5, 5.41) is 10.7. The molecule has 0 bridgehead atoms. The summed E-state index contributed by atoms with van der Waals surface area (Å²) in [6, 6.07) is 13.0. The molecule has 3 rings (SSSR count). The van der Waals surface area contributed by atoms with Gasteiger partial charge >= 0.3 is 0 Å². The molecule has 28 heavy (non-hydrogen) atoms. The fourth-order valence-electron chi connectivity index (χ4n) is 3.30. The van der Waals surface area contributed by atoms with Crippen LogP contribution >= 0.6 is 0 Å². The van der Waals surface area contributed by atoms with E-state index in [2.05, 4.69) is 0 Å². The molecule has 1 heterocycles. The van der Waals surface area contributed by atoms with E-state index in [1.165, 1.54) is 39.0 Å². The highest BCUT2D eigenvalue weighted by molar-refractivity contribution is 7.89. The number of nitrogens with one attached hydrogen (secondary N) is 1. The summed E-state index contributed by atoms with van der Waals surface area (Å²) in [7, 11) is -1.98. The van der Waals surface area contributed by atoms with Crippen LogP contribution in [0.1, 0.15) is 5.56 Å². The van der Waals surface area contributed by atoms with Crippen LogP contribution < -0.4 is 9.64 Å². The van der Waals surface area contributed by atoms with Gasteiger partial charge in [-0.1, -0.05) is 12.1 Å². The van der Waals surface area contributed by atoms with Crippen molar-refractivity contribution in [1.82, 2.24) is 4.31 Å². The minimum atomic E-state index is -3.62. The molecule has 0 atom stereocenters. The SMILES string of the molecule is COc1ccc(CC[NH+]2CCN(S(=O)(=O)c3ccc([N+](=O)[O-])cc3)CC2)cc1. The molecule has 1 N–H and O–H groups in total. The Morgan fingerprint density at radius 2 is 1.68 bits per heavy atom. The molecule has 9 heteroatoms. The van der Waals surface area contributed by atoms with Gasteiger partial charge in [-0.2, -0.15) is 4.31 Å². The summed E-state index contributed by atoms with van der Waals surface area (Å²) in [6.45, 7) is 3.30. The smallest absolute Gasteiger partial charge is 0.269 e. The van der Waals surface area contributed by atoms with Crippen LogP contribution in [0.5, 0.6) is 5.75 Å². The third-order valence-corrected chi connectivity index (χ3v) is 6.95. The van der Waals surface area contributed by atoms with Crippen LogP contribution in [0.2, 0.25) is 0 Å². The Hall–Kier alpha value is -2.49. The van der Waals surface area contributed by atoms with Crippen molar-refractivity contribution in [1.29, 1.82) is 0 Å². The van der Waals surface area contributed by atoms with Crippen LogP contribution in [-0.4, -0.2) is 57.5 Å². The number of piperazine rings is 1. The molecular formula is C19H24N3O5S+. The zero-order valence-corrected chi connectivity index (χ0v) is 16.5. The van der Waals surface area contributed by atoms with E-state index in [-0.39, 0.29) is 10.6 Å². The Bertz CT molecular complexity index is 906. The summed E-state index contributed by atoms with van der Waals surface area (Å²) >= 11 is 0. The van der Waals surface area contributed by atoms with Gasteiger partial charge in [-0.3, -0.25) is 10.1 Å². The molecule has 0 aliphatic carbocycles. The molecule has 2 aromatic carbocycles. The summed E-state index contributed by atoms with van der Waals surface area (Å²) in [4.78, 5) is 11.7. The first-order valence-electron chi connectivity index (χ1n) is 9.11. The van der Waals surface area contributed by atoms with Crippen molar-refractivity contribution in [3.63, 3.8) is 0 Å². The molecular weight excluding hydrogens is 382 g/mol. The van der Waals surface area contributed by atoms with Gasteiger partial charge in [0.05, 0.1) is 49.7 Å². The van der Waals surface area contributed by atoms with Crippen LogP contribution in [0.15, 0.2) is 53.4 Å². The molecule has 0 radical (unpaired) electrons. The number of quaternary nitrogens is 1. The Labute approximate surface area is 164 Å². The lowest BCUT2D eigenvalue weighted by Crippen LogP contribution is -3.15. The third-order valence-electron chi connectivity index (χ3n) is 5.04. The van der Waals surface area contributed by atoms with E-state index in [0.29, 0.717) is 13.1 Å². The number of nitro benzene ring substituents is 1. The number of nitrogens with zero attached hydrogens (tertiary/aromatic N) is 2. The van der Waals surface area contributed by atoms with Crippen molar-refractivity contribution >= 4 is 15.7 Å². The number of hydrogen-bond donors (Lipinski definition) is 1. The van der Waals surface area contributed by atoms with E-state index in [9.17, 15) is 18.5 Å². The highest BCUT2D eigenvalue weighted by Crippen LogP contribution is 2.19. The van der Waals surface area contributed by atoms with Crippen LogP contribution in [0.3, 0.4) is 0 Å². The Balaban J connectivity index is 1.54. The van der Waals surface area contributed by atoms with E-state index in [4.69, 9.17) is 4.74 Å². The second-order valence-electron chi connectivity index (χ2n) is 6.75. The lowest BCUT2D eigenvalue weighted by molar-refractivity contribution is -0.903. The Morgan fingerprint density at radius 3 is 2.21 bits per heavy atom. The lowest BCUT2D eigenvalue weighted by Gasteiger charge is -2.31. The Morgan fingerprint density at radius 1 is 1.07 bits per heavy atom. The van der Waals surface area contributed by atoms with Crippen molar-refractivity contribution in [2.24, 2.45) is 0 Å². The van der Waals surface area contributed by atoms with Gasteiger partial charge in [0.25, 0.3) is 5.69 Å². The minimum absolute atomic E-state index is 0.0970. The molecule has 0 amide bonds. The standard InChI is InChI=1S/C19H23N3O5S/c1-27-18-6-2-16(3-7-18)10-11-20-12-14-21(15-13-20)28(25,26)19-8-4-17(5-9-19)22(23)24/h2-9H,10-15H2,1H3/p+1. The maximum atomic E-state index is 12.7. The molecule has 0 saturated carbocycles. The van der Waals surface area contributed by atoms with Crippen molar-refractivity contribution in [2.75, 3.05) is 39.8 Å². The van der Waals surface area contributed by atoms with Crippen LogP contribution in [-0.2, 0) is 16.4 Å². The van der Waals surface area contributed by atoms with Gasteiger partial charge in [0.2, 0.25) is 10.0 Å². The average molecular weight is 406 g/mol. The van der Waals surface area contributed by atoms with Gasteiger partial charge in [0.1, 0.15) is 5.75 Å². The molecule has 1 aliphatic heterocycles. The van der Waals surface area contributed by atoms with Crippen molar-refractivity contribution in [3.8, 4) is 5.75 Å². The molecule has 0 spiro atoms. The van der Waals surface area contributed by atoms with E-state index in [1.807, 2.05) is 24.3 Å². The molecule has 0 aromatic heterocycles. The van der Waals surface area contributed by atoms with Crippen LogP contribution in [0.4, 0.5) is 5.69 Å². The highest BCUT2D eigenvalue weighted by atomic mass is 32.2. The van der Waals surface area contributed by atoms with E-state index >= 15 is 0 Å². The van der Waals surface area contributed by atoms with Crippen molar-refractivity contribution in [3.05, 3.63) is 64.2 Å². The van der Waals surface area contributed by atoms with Gasteiger partial charge in [0, 0.05) is 18.6 Å². The van der Waals surface area contributed by atoms with Crippen molar-refractivity contribution < 1.29 is 23.0 Å². The normalized spacial score (nSPS) is 16.0. The zero-order valence-electron chi connectivity index (χ0n) is 15.7. The number of methoxy groups -OCH3 is 1. The molecule has 2 aromatic rings. The van der Waals surface area contributed by atoms with Gasteiger partial charge in [-0.25, -0.2) is 8.42 Å². The average Bonchev–Trinajstić information content (AvgIpc) is 2.73. The maximum Gasteiger partial charge on any atom is 0.269 e. The molecule has 8 nitrogen and oxygen atoms in total. The number of ether oxygens (including phenoxy) is 1. The van der Waals surface area contributed by atoms with Crippen LogP contribution in [0.25, 0.3) is 0 Å². The number of rotatable bonds is 7. The largest absolute Gasteiger partial charge is 0.497 e. The number of hydrogen-bond acceptors (Lipinski definition) is 5. The fraction of sp³-hybridized carbons (Fsp3) is 0.368. The predicted octanol–water partition coefficient (Wildman–Crippen LogP) is 0.735. The fourth-order valence-corrected chi connectivity index (χ4v) is 4.74. The lowest BCUT2D eigenvalue weighted by atomic mass is 10.1. The Kier molecular flexibility index (Phi) is 6.28.